The summed E-state index contributed by atoms with van der Waals surface area (Å²) in [5.41, 5.74) is 7.37. The summed E-state index contributed by atoms with van der Waals surface area (Å²) in [6.45, 7) is 3.88. The number of hydrogen-bond donors (Lipinski definition) is 7. The number of carbonyl (C=O) groups is 4. The van der Waals surface area contributed by atoms with Gasteiger partial charge in [-0.25, -0.2) is 9.78 Å². The number of benzene rings is 1. The topological polar surface area (TPSA) is 179 Å². The number of aromatic nitrogens is 2. The summed E-state index contributed by atoms with van der Waals surface area (Å²) in [4.78, 5) is 57.2. The smallest absolute Gasteiger partial charge is 0.327 e. The molecule has 0 aliphatic carbocycles. The second kappa shape index (κ2) is 14.2. The lowest BCUT2D eigenvalue weighted by Crippen LogP contribution is -2.58. The van der Waals surface area contributed by atoms with Gasteiger partial charge < -0.3 is 31.8 Å². The fourth-order valence-electron chi connectivity index (χ4n) is 3.51. The van der Waals surface area contributed by atoms with Crippen LogP contribution in [0.5, 0.6) is 0 Å². The quantitative estimate of drug-likeness (QED) is 0.172. The molecule has 0 fully saturated rings. The van der Waals surface area contributed by atoms with Gasteiger partial charge in [-0.3, -0.25) is 14.4 Å². The third-order valence-corrected chi connectivity index (χ3v) is 5.75. The number of thiol groups is 1. The molecule has 1 aromatic carbocycles. The second-order valence-corrected chi connectivity index (χ2v) is 9.28. The van der Waals surface area contributed by atoms with E-state index in [0.717, 1.165) is 5.56 Å². The lowest BCUT2D eigenvalue weighted by atomic mass is 10.0. The molecule has 36 heavy (non-hydrogen) atoms. The molecule has 7 N–H and O–H groups in total. The van der Waals surface area contributed by atoms with E-state index in [1.807, 2.05) is 44.2 Å². The number of hydrogen-bond acceptors (Lipinski definition) is 7. The molecule has 0 aliphatic rings. The van der Waals surface area contributed by atoms with Crippen LogP contribution in [0.3, 0.4) is 0 Å². The van der Waals surface area contributed by atoms with Gasteiger partial charge in [0.05, 0.1) is 12.4 Å². The molecule has 0 aliphatic heterocycles. The minimum absolute atomic E-state index is 0.0232. The van der Waals surface area contributed by atoms with Crippen molar-refractivity contribution in [2.75, 3.05) is 5.75 Å². The highest BCUT2D eigenvalue weighted by molar-refractivity contribution is 7.80. The van der Waals surface area contributed by atoms with Crippen molar-refractivity contribution in [2.24, 2.45) is 11.7 Å². The Balaban J connectivity index is 2.24. The van der Waals surface area contributed by atoms with Crippen molar-refractivity contribution in [1.29, 1.82) is 0 Å². The Labute approximate surface area is 215 Å². The number of H-pyrrole nitrogens is 1. The van der Waals surface area contributed by atoms with Gasteiger partial charge in [0.15, 0.2) is 0 Å². The van der Waals surface area contributed by atoms with Crippen LogP contribution >= 0.6 is 12.6 Å². The first kappa shape index (κ1) is 28.9. The van der Waals surface area contributed by atoms with E-state index in [1.54, 1.807) is 0 Å². The van der Waals surface area contributed by atoms with Crippen molar-refractivity contribution in [3.63, 3.8) is 0 Å². The van der Waals surface area contributed by atoms with E-state index in [0.29, 0.717) is 12.1 Å². The third kappa shape index (κ3) is 9.34. The SMILES string of the molecule is CC(C)CC(N)C(=O)NC(Cc1ccccc1)C(=O)NC(Cc1cnc[nH]1)C(=O)NC(CS)C(=O)O. The Bertz CT molecular complexity index is 1000. The van der Waals surface area contributed by atoms with Crippen LogP contribution in [-0.4, -0.2) is 68.7 Å². The zero-order valence-corrected chi connectivity index (χ0v) is 21.2. The molecule has 2 rings (SSSR count). The molecule has 1 aromatic heterocycles. The summed E-state index contributed by atoms with van der Waals surface area (Å²) < 4.78 is 0. The van der Waals surface area contributed by atoms with Crippen LogP contribution in [0.25, 0.3) is 0 Å². The molecular weight excluding hydrogens is 484 g/mol. The molecule has 1 heterocycles. The molecule has 4 unspecified atom stereocenters. The van der Waals surface area contributed by atoms with Gasteiger partial charge in [-0.15, -0.1) is 0 Å². The number of carboxylic acids is 1. The van der Waals surface area contributed by atoms with Gasteiger partial charge in [-0.05, 0) is 17.9 Å². The molecule has 0 radical (unpaired) electrons. The highest BCUT2D eigenvalue weighted by atomic mass is 32.1. The Morgan fingerprint density at radius 2 is 1.56 bits per heavy atom. The first-order valence-electron chi connectivity index (χ1n) is 11.6. The van der Waals surface area contributed by atoms with E-state index in [2.05, 4.69) is 38.5 Å². The molecule has 0 saturated carbocycles. The van der Waals surface area contributed by atoms with Crippen molar-refractivity contribution >= 4 is 36.3 Å². The fraction of sp³-hybridized carbons (Fsp3) is 0.458. The van der Waals surface area contributed by atoms with Crippen LogP contribution in [-0.2, 0) is 32.0 Å². The normalized spacial score (nSPS) is 14.4. The van der Waals surface area contributed by atoms with Crippen molar-refractivity contribution in [2.45, 2.75) is 57.3 Å². The maximum absolute atomic E-state index is 13.4. The van der Waals surface area contributed by atoms with Gasteiger partial charge in [0, 0.05) is 30.5 Å². The Kier molecular flexibility index (Phi) is 11.4. The van der Waals surface area contributed by atoms with E-state index in [4.69, 9.17) is 5.73 Å². The molecule has 0 saturated heterocycles. The van der Waals surface area contributed by atoms with Crippen LogP contribution in [0.4, 0.5) is 0 Å². The monoisotopic (exact) mass is 518 g/mol. The zero-order chi connectivity index (χ0) is 26.7. The maximum Gasteiger partial charge on any atom is 0.327 e. The maximum atomic E-state index is 13.4. The van der Waals surface area contributed by atoms with Gasteiger partial charge in [-0.1, -0.05) is 44.2 Å². The van der Waals surface area contributed by atoms with Gasteiger partial charge >= 0.3 is 5.97 Å². The Hall–Kier alpha value is -3.38. The number of carboxylic acid groups (broad SMARTS) is 1. The largest absolute Gasteiger partial charge is 0.480 e. The molecule has 3 amide bonds. The van der Waals surface area contributed by atoms with Crippen LogP contribution in [0.1, 0.15) is 31.5 Å². The lowest BCUT2D eigenvalue weighted by Gasteiger charge is -2.25. The predicted octanol–water partition coefficient (Wildman–Crippen LogP) is 0.0371. The molecular formula is C24H34N6O5S. The summed E-state index contributed by atoms with van der Waals surface area (Å²) in [6.07, 6.45) is 3.55. The number of imidazole rings is 1. The Morgan fingerprint density at radius 3 is 2.08 bits per heavy atom. The fourth-order valence-corrected chi connectivity index (χ4v) is 3.76. The number of rotatable bonds is 14. The minimum atomic E-state index is -1.25. The van der Waals surface area contributed by atoms with E-state index in [-0.39, 0.29) is 24.5 Å². The summed E-state index contributed by atoms with van der Waals surface area (Å²) in [6, 6.07) is 4.90. The number of aliphatic carboxylic acids is 1. The molecule has 0 spiro atoms. The van der Waals surface area contributed by atoms with Crippen LogP contribution in [0.2, 0.25) is 0 Å². The highest BCUT2D eigenvalue weighted by Crippen LogP contribution is 2.08. The van der Waals surface area contributed by atoms with Gasteiger partial charge in [0.25, 0.3) is 0 Å². The molecule has 196 valence electrons. The summed E-state index contributed by atoms with van der Waals surface area (Å²) in [5, 5.41) is 17.0. The van der Waals surface area contributed by atoms with Gasteiger partial charge in [-0.2, -0.15) is 12.6 Å². The van der Waals surface area contributed by atoms with Crippen molar-refractivity contribution in [3.05, 3.63) is 54.1 Å². The van der Waals surface area contributed by atoms with E-state index < -0.39 is 47.9 Å². The van der Waals surface area contributed by atoms with Crippen molar-refractivity contribution in [3.8, 4) is 0 Å². The van der Waals surface area contributed by atoms with Crippen molar-refractivity contribution in [1.82, 2.24) is 25.9 Å². The first-order valence-corrected chi connectivity index (χ1v) is 12.3. The molecule has 2 aromatic rings. The summed E-state index contributed by atoms with van der Waals surface area (Å²) in [5.74, 6) is -2.99. The van der Waals surface area contributed by atoms with Crippen LogP contribution in [0, 0.1) is 5.92 Å². The average Bonchev–Trinajstić information content (AvgIpc) is 3.34. The van der Waals surface area contributed by atoms with Crippen molar-refractivity contribution < 1.29 is 24.3 Å². The number of nitrogens with one attached hydrogen (secondary N) is 4. The number of amides is 3. The first-order chi connectivity index (χ1) is 17.1. The summed E-state index contributed by atoms with van der Waals surface area (Å²) >= 11 is 3.97. The number of aromatic amines is 1. The number of nitrogens with zero attached hydrogens (tertiary/aromatic N) is 1. The van der Waals surface area contributed by atoms with E-state index in [9.17, 15) is 24.3 Å². The Morgan fingerprint density at radius 1 is 0.972 bits per heavy atom. The summed E-state index contributed by atoms with van der Waals surface area (Å²) in [7, 11) is 0. The average molecular weight is 519 g/mol. The standard InChI is InChI=1S/C24H34N6O5S/c1-14(2)8-17(25)21(31)28-18(9-15-6-4-3-5-7-15)22(32)29-19(10-16-11-26-13-27-16)23(33)30-20(12-36)24(34)35/h3-7,11,13-14,17-20,36H,8-10,12,25H2,1-2H3,(H,26,27)(H,28,31)(H,29,32)(H,30,33)(H,34,35). The number of carbonyl (C=O) groups excluding carboxylic acids is 3. The van der Waals surface area contributed by atoms with Gasteiger partial charge in [0.2, 0.25) is 17.7 Å². The molecule has 11 nitrogen and oxygen atoms in total. The highest BCUT2D eigenvalue weighted by Gasteiger charge is 2.30. The molecule has 4 atom stereocenters. The zero-order valence-electron chi connectivity index (χ0n) is 20.3. The predicted molar refractivity (Wildman–Crippen MR) is 137 cm³/mol. The third-order valence-electron chi connectivity index (χ3n) is 5.39. The molecule has 0 bridgehead atoms. The lowest BCUT2D eigenvalue weighted by molar-refractivity contribution is -0.141. The number of nitrogens with two attached hydrogens (primary N) is 1. The van der Waals surface area contributed by atoms with Crippen LogP contribution < -0.4 is 21.7 Å². The second-order valence-electron chi connectivity index (χ2n) is 8.91. The van der Waals surface area contributed by atoms with Crippen LogP contribution in [0.15, 0.2) is 42.9 Å². The minimum Gasteiger partial charge on any atom is -0.480 e. The van der Waals surface area contributed by atoms with Gasteiger partial charge in [0.1, 0.15) is 18.1 Å². The van der Waals surface area contributed by atoms with E-state index in [1.165, 1.54) is 12.5 Å². The molecule has 12 heteroatoms. The van der Waals surface area contributed by atoms with E-state index >= 15 is 0 Å².